The molecule has 0 amide bonds. The molecule has 0 atom stereocenters. The molecule has 0 saturated carbocycles. The second kappa shape index (κ2) is 5.41. The third-order valence-corrected chi connectivity index (χ3v) is 3.45. The number of ether oxygens (including phenoxy) is 2. The normalized spacial score (nSPS) is 17.3. The van der Waals surface area contributed by atoms with Gasteiger partial charge in [-0.1, -0.05) is 0 Å². The van der Waals surface area contributed by atoms with Gasteiger partial charge in [-0.2, -0.15) is 0 Å². The summed E-state index contributed by atoms with van der Waals surface area (Å²) in [6.07, 6.45) is 1.98. The van der Waals surface area contributed by atoms with Crippen LogP contribution >= 0.6 is 11.3 Å². The zero-order valence-electron chi connectivity index (χ0n) is 9.27. The van der Waals surface area contributed by atoms with E-state index in [1.807, 2.05) is 5.38 Å². The van der Waals surface area contributed by atoms with Gasteiger partial charge in [0.05, 0.1) is 12.3 Å². The van der Waals surface area contributed by atoms with Gasteiger partial charge in [-0.05, 0) is 19.8 Å². The van der Waals surface area contributed by atoms with E-state index in [4.69, 9.17) is 9.47 Å². The third kappa shape index (κ3) is 2.59. The monoisotopic (exact) mass is 241 g/mol. The van der Waals surface area contributed by atoms with E-state index >= 15 is 0 Å². The van der Waals surface area contributed by atoms with Crippen molar-refractivity contribution in [3.63, 3.8) is 0 Å². The summed E-state index contributed by atoms with van der Waals surface area (Å²) in [5, 5.41) is 2.42. The number of carbonyl (C=O) groups excluding carboxylic acids is 1. The molecular formula is C11H15NO3S. The Balaban J connectivity index is 2.03. The van der Waals surface area contributed by atoms with Gasteiger partial charge in [0.2, 0.25) is 5.01 Å². The molecule has 0 radical (unpaired) electrons. The average Bonchev–Trinajstić information content (AvgIpc) is 2.80. The number of rotatable bonds is 3. The molecule has 1 aliphatic heterocycles. The molecule has 0 aliphatic carbocycles. The van der Waals surface area contributed by atoms with Crippen LogP contribution in [0.3, 0.4) is 0 Å². The molecule has 1 saturated heterocycles. The maximum Gasteiger partial charge on any atom is 0.367 e. The molecule has 0 aromatic carbocycles. The van der Waals surface area contributed by atoms with Crippen molar-refractivity contribution >= 4 is 17.3 Å². The van der Waals surface area contributed by atoms with E-state index in [9.17, 15) is 4.79 Å². The van der Waals surface area contributed by atoms with Crippen molar-refractivity contribution in [1.82, 2.24) is 4.98 Å². The predicted octanol–water partition coefficient (Wildman–Crippen LogP) is 2.21. The summed E-state index contributed by atoms with van der Waals surface area (Å²) in [4.78, 5) is 15.8. The van der Waals surface area contributed by atoms with Crippen LogP contribution in [-0.4, -0.2) is 30.8 Å². The van der Waals surface area contributed by atoms with Crippen molar-refractivity contribution < 1.29 is 14.3 Å². The molecule has 0 unspecified atom stereocenters. The Labute approximate surface area is 98.6 Å². The fraction of sp³-hybridized carbons (Fsp3) is 0.636. The second-order valence-electron chi connectivity index (χ2n) is 3.68. The molecule has 0 N–H and O–H groups in total. The lowest BCUT2D eigenvalue weighted by Gasteiger charge is -2.19. The Morgan fingerprint density at radius 1 is 1.62 bits per heavy atom. The number of hydrogen-bond acceptors (Lipinski definition) is 5. The molecule has 5 heteroatoms. The molecule has 88 valence electrons. The lowest BCUT2D eigenvalue weighted by Crippen LogP contribution is -2.14. The highest BCUT2D eigenvalue weighted by atomic mass is 32.1. The molecule has 1 aliphatic rings. The maximum absolute atomic E-state index is 11.4. The van der Waals surface area contributed by atoms with Crippen LogP contribution in [0.15, 0.2) is 5.38 Å². The number of esters is 1. The van der Waals surface area contributed by atoms with Crippen molar-refractivity contribution in [1.29, 1.82) is 0 Å². The van der Waals surface area contributed by atoms with Gasteiger partial charge in [0.1, 0.15) is 0 Å². The molecule has 1 fully saturated rings. The number of carbonyl (C=O) groups is 1. The van der Waals surface area contributed by atoms with Crippen molar-refractivity contribution in [3.05, 3.63) is 16.1 Å². The zero-order valence-corrected chi connectivity index (χ0v) is 10.1. The smallest absolute Gasteiger partial charge is 0.367 e. The number of nitrogens with zero attached hydrogens (tertiary/aromatic N) is 1. The summed E-state index contributed by atoms with van der Waals surface area (Å²) >= 11 is 1.36. The fourth-order valence-corrected chi connectivity index (χ4v) is 2.54. The molecule has 0 spiro atoms. The minimum atomic E-state index is -0.314. The van der Waals surface area contributed by atoms with Crippen LogP contribution in [0.1, 0.15) is 41.2 Å². The van der Waals surface area contributed by atoms with Gasteiger partial charge >= 0.3 is 5.97 Å². The van der Waals surface area contributed by atoms with Crippen molar-refractivity contribution in [2.24, 2.45) is 0 Å². The Hall–Kier alpha value is -0.940. The first-order valence-corrected chi connectivity index (χ1v) is 6.39. The summed E-state index contributed by atoms with van der Waals surface area (Å²) in [5.74, 6) is 0.124. The van der Waals surface area contributed by atoms with Gasteiger partial charge < -0.3 is 9.47 Å². The first kappa shape index (κ1) is 11.5. The first-order valence-electron chi connectivity index (χ1n) is 5.51. The quantitative estimate of drug-likeness (QED) is 0.761. The van der Waals surface area contributed by atoms with Crippen molar-refractivity contribution in [2.45, 2.75) is 25.7 Å². The highest BCUT2D eigenvalue weighted by molar-refractivity contribution is 7.11. The molecule has 0 bridgehead atoms. The summed E-state index contributed by atoms with van der Waals surface area (Å²) < 4.78 is 10.2. The Kier molecular flexibility index (Phi) is 3.90. The molecule has 1 aromatic heterocycles. The molecular weight excluding hydrogens is 226 g/mol. The molecule has 16 heavy (non-hydrogen) atoms. The van der Waals surface area contributed by atoms with Crippen LogP contribution in [0, 0.1) is 0 Å². The van der Waals surface area contributed by atoms with E-state index < -0.39 is 0 Å². The molecule has 2 heterocycles. The highest BCUT2D eigenvalue weighted by Crippen LogP contribution is 2.27. The van der Waals surface area contributed by atoms with Crippen molar-refractivity contribution in [2.75, 3.05) is 19.8 Å². The standard InChI is InChI=1S/C11H15NO3S/c1-2-15-11(13)10-12-9(7-16-10)8-3-5-14-6-4-8/h7-8H,2-6H2,1H3. The van der Waals surface area contributed by atoms with E-state index in [-0.39, 0.29) is 5.97 Å². The van der Waals surface area contributed by atoms with Crippen LogP contribution in [0.5, 0.6) is 0 Å². The van der Waals surface area contributed by atoms with Gasteiger partial charge in [0, 0.05) is 24.5 Å². The Bertz CT molecular complexity index is 358. The van der Waals surface area contributed by atoms with Gasteiger partial charge in [-0.3, -0.25) is 0 Å². The summed E-state index contributed by atoms with van der Waals surface area (Å²) in [6.45, 7) is 3.77. The van der Waals surface area contributed by atoms with E-state index in [0.29, 0.717) is 17.5 Å². The number of aromatic nitrogens is 1. The molecule has 1 aromatic rings. The molecule has 2 rings (SSSR count). The fourth-order valence-electron chi connectivity index (χ4n) is 1.75. The largest absolute Gasteiger partial charge is 0.461 e. The minimum Gasteiger partial charge on any atom is -0.461 e. The van der Waals surface area contributed by atoms with Crippen LogP contribution in [0.2, 0.25) is 0 Å². The third-order valence-electron chi connectivity index (χ3n) is 2.61. The Morgan fingerprint density at radius 2 is 2.38 bits per heavy atom. The highest BCUT2D eigenvalue weighted by Gasteiger charge is 2.20. The van der Waals surface area contributed by atoms with Crippen LogP contribution in [-0.2, 0) is 9.47 Å². The van der Waals surface area contributed by atoms with E-state index in [0.717, 1.165) is 31.7 Å². The predicted molar refractivity (Wildman–Crippen MR) is 60.9 cm³/mol. The number of hydrogen-bond donors (Lipinski definition) is 0. The number of thiazole rings is 1. The average molecular weight is 241 g/mol. The summed E-state index contributed by atoms with van der Waals surface area (Å²) in [6, 6.07) is 0. The van der Waals surface area contributed by atoms with E-state index in [2.05, 4.69) is 4.98 Å². The molecule has 4 nitrogen and oxygen atoms in total. The second-order valence-corrected chi connectivity index (χ2v) is 4.54. The van der Waals surface area contributed by atoms with Crippen molar-refractivity contribution in [3.8, 4) is 0 Å². The van der Waals surface area contributed by atoms with Gasteiger partial charge in [0.25, 0.3) is 0 Å². The van der Waals surface area contributed by atoms with Gasteiger partial charge in [0.15, 0.2) is 0 Å². The topological polar surface area (TPSA) is 48.4 Å². The SMILES string of the molecule is CCOC(=O)c1nc(C2CCOCC2)cs1. The summed E-state index contributed by atoms with van der Waals surface area (Å²) in [7, 11) is 0. The van der Waals surface area contributed by atoms with E-state index in [1.54, 1.807) is 6.92 Å². The van der Waals surface area contributed by atoms with E-state index in [1.165, 1.54) is 11.3 Å². The first-order chi connectivity index (χ1) is 7.81. The van der Waals surface area contributed by atoms with Crippen LogP contribution < -0.4 is 0 Å². The summed E-state index contributed by atoms with van der Waals surface area (Å²) in [5.41, 5.74) is 1.01. The minimum absolute atomic E-state index is 0.314. The Morgan fingerprint density at radius 3 is 3.06 bits per heavy atom. The van der Waals surface area contributed by atoms with Crippen LogP contribution in [0.25, 0.3) is 0 Å². The lowest BCUT2D eigenvalue weighted by atomic mass is 9.98. The van der Waals surface area contributed by atoms with Crippen LogP contribution in [0.4, 0.5) is 0 Å². The maximum atomic E-state index is 11.4. The van der Waals surface area contributed by atoms with Gasteiger partial charge in [-0.25, -0.2) is 9.78 Å². The zero-order chi connectivity index (χ0) is 11.4. The van der Waals surface area contributed by atoms with Gasteiger partial charge in [-0.15, -0.1) is 11.3 Å². The lowest BCUT2D eigenvalue weighted by molar-refractivity contribution is 0.0525.